The molecule has 9 heteroatoms. The monoisotopic (exact) mass is 444 g/mol. The molecule has 3 rings (SSSR count). The van der Waals surface area contributed by atoms with Crippen LogP contribution in [0.2, 0.25) is 0 Å². The standard InChI is InChI=1S/C22H28N4O4S/c1-17-5-3-8-21(13-17)25-9-11-26(12-10-25)31(29,30)16-22(28)23-15-19-6-4-7-20(14-19)24-18(2)27/h3-8,13-14H,9-12,15-16H2,1-2H3,(H,23,28)(H,24,27). The molecule has 0 spiro atoms. The molecule has 0 aromatic heterocycles. The summed E-state index contributed by atoms with van der Waals surface area (Å²) in [5.41, 5.74) is 3.63. The van der Waals surface area contributed by atoms with Gasteiger partial charge >= 0.3 is 0 Å². The van der Waals surface area contributed by atoms with Crippen LogP contribution in [0.5, 0.6) is 0 Å². The number of hydrogen-bond acceptors (Lipinski definition) is 5. The third-order valence-electron chi connectivity index (χ3n) is 5.05. The molecular formula is C22H28N4O4S. The summed E-state index contributed by atoms with van der Waals surface area (Å²) < 4.78 is 26.7. The minimum Gasteiger partial charge on any atom is -0.369 e. The van der Waals surface area contributed by atoms with Crippen molar-refractivity contribution in [3.05, 3.63) is 59.7 Å². The smallest absolute Gasteiger partial charge is 0.236 e. The summed E-state index contributed by atoms with van der Waals surface area (Å²) in [5, 5.41) is 5.32. The van der Waals surface area contributed by atoms with Gasteiger partial charge in [0.1, 0.15) is 5.75 Å². The van der Waals surface area contributed by atoms with Gasteiger partial charge in [-0.15, -0.1) is 0 Å². The number of nitrogens with zero attached hydrogens (tertiary/aromatic N) is 2. The average Bonchev–Trinajstić information content (AvgIpc) is 2.72. The van der Waals surface area contributed by atoms with Gasteiger partial charge in [0.05, 0.1) is 0 Å². The van der Waals surface area contributed by atoms with Crippen molar-refractivity contribution >= 4 is 33.2 Å². The number of carbonyl (C=O) groups excluding carboxylic acids is 2. The van der Waals surface area contributed by atoms with Crippen LogP contribution in [0.3, 0.4) is 0 Å². The fourth-order valence-corrected chi connectivity index (χ4v) is 4.86. The third kappa shape index (κ3) is 6.53. The first-order chi connectivity index (χ1) is 14.7. The molecule has 2 amide bonds. The summed E-state index contributed by atoms with van der Waals surface area (Å²) in [4.78, 5) is 25.6. The lowest BCUT2D eigenvalue weighted by molar-refractivity contribution is -0.119. The van der Waals surface area contributed by atoms with Crippen LogP contribution in [0.15, 0.2) is 48.5 Å². The number of amides is 2. The van der Waals surface area contributed by atoms with E-state index in [9.17, 15) is 18.0 Å². The van der Waals surface area contributed by atoms with Crippen molar-refractivity contribution in [3.63, 3.8) is 0 Å². The molecule has 8 nitrogen and oxygen atoms in total. The highest BCUT2D eigenvalue weighted by Gasteiger charge is 2.29. The molecule has 2 aromatic rings. The SMILES string of the molecule is CC(=O)Nc1cccc(CNC(=O)CS(=O)(=O)N2CCN(c3cccc(C)c3)CC2)c1. The normalized spacial score (nSPS) is 14.8. The predicted octanol–water partition coefficient (Wildman–Crippen LogP) is 1.72. The second-order valence-corrected chi connectivity index (χ2v) is 9.61. The highest BCUT2D eigenvalue weighted by Crippen LogP contribution is 2.19. The Morgan fingerprint density at radius 2 is 1.71 bits per heavy atom. The van der Waals surface area contributed by atoms with Crippen LogP contribution in [0.25, 0.3) is 0 Å². The minimum atomic E-state index is -3.69. The third-order valence-corrected chi connectivity index (χ3v) is 6.83. The number of sulfonamides is 1. The molecule has 0 bridgehead atoms. The summed E-state index contributed by atoms with van der Waals surface area (Å²) in [6, 6.07) is 15.2. The molecule has 1 saturated heterocycles. The van der Waals surface area contributed by atoms with Gasteiger partial charge in [-0.2, -0.15) is 4.31 Å². The van der Waals surface area contributed by atoms with E-state index in [1.165, 1.54) is 11.2 Å². The second kappa shape index (κ2) is 9.93. The van der Waals surface area contributed by atoms with E-state index in [0.717, 1.165) is 16.8 Å². The Bertz CT molecular complexity index is 1050. The van der Waals surface area contributed by atoms with E-state index < -0.39 is 21.7 Å². The fraction of sp³-hybridized carbons (Fsp3) is 0.364. The molecule has 1 fully saturated rings. The fourth-order valence-electron chi connectivity index (χ4n) is 3.52. The minimum absolute atomic E-state index is 0.183. The van der Waals surface area contributed by atoms with E-state index in [0.29, 0.717) is 31.9 Å². The lowest BCUT2D eigenvalue weighted by atomic mass is 10.2. The van der Waals surface area contributed by atoms with Crippen LogP contribution in [-0.4, -0.2) is 56.5 Å². The molecule has 1 aliphatic rings. The highest BCUT2D eigenvalue weighted by atomic mass is 32.2. The van der Waals surface area contributed by atoms with E-state index in [4.69, 9.17) is 0 Å². The van der Waals surface area contributed by atoms with Gasteiger partial charge in [-0.05, 0) is 42.3 Å². The number of piperazine rings is 1. The Hall–Kier alpha value is -2.91. The van der Waals surface area contributed by atoms with Crippen molar-refractivity contribution in [2.45, 2.75) is 20.4 Å². The molecule has 0 aliphatic carbocycles. The number of benzene rings is 2. The molecule has 166 valence electrons. The van der Waals surface area contributed by atoms with Crippen LogP contribution < -0.4 is 15.5 Å². The van der Waals surface area contributed by atoms with E-state index in [-0.39, 0.29) is 12.5 Å². The molecule has 1 heterocycles. The quantitative estimate of drug-likeness (QED) is 0.678. The van der Waals surface area contributed by atoms with Crippen molar-refractivity contribution in [2.24, 2.45) is 0 Å². The number of nitrogens with one attached hydrogen (secondary N) is 2. The van der Waals surface area contributed by atoms with Gasteiger partial charge in [-0.1, -0.05) is 24.3 Å². The summed E-state index contributed by atoms with van der Waals surface area (Å²) >= 11 is 0. The maximum Gasteiger partial charge on any atom is 0.236 e. The van der Waals surface area contributed by atoms with Crippen molar-refractivity contribution in [3.8, 4) is 0 Å². The molecule has 1 aliphatic heterocycles. The summed E-state index contributed by atoms with van der Waals surface area (Å²) in [7, 11) is -3.69. The van der Waals surface area contributed by atoms with Gasteiger partial charge in [0, 0.05) is 51.0 Å². The van der Waals surface area contributed by atoms with E-state index >= 15 is 0 Å². The Labute approximate surface area is 183 Å². The van der Waals surface area contributed by atoms with E-state index in [2.05, 4.69) is 21.6 Å². The molecule has 0 saturated carbocycles. The topological polar surface area (TPSA) is 98.8 Å². The van der Waals surface area contributed by atoms with Gasteiger partial charge < -0.3 is 15.5 Å². The van der Waals surface area contributed by atoms with Crippen LogP contribution in [-0.2, 0) is 26.2 Å². The van der Waals surface area contributed by atoms with Gasteiger partial charge in [-0.25, -0.2) is 8.42 Å². The number of rotatable bonds is 7. The first-order valence-electron chi connectivity index (χ1n) is 10.2. The second-order valence-electron chi connectivity index (χ2n) is 7.64. The van der Waals surface area contributed by atoms with Gasteiger partial charge in [0.25, 0.3) is 0 Å². The molecule has 2 aromatic carbocycles. The lowest BCUT2D eigenvalue weighted by Gasteiger charge is -2.35. The maximum atomic E-state index is 12.7. The van der Waals surface area contributed by atoms with Crippen LogP contribution >= 0.6 is 0 Å². The molecule has 0 atom stereocenters. The van der Waals surface area contributed by atoms with E-state index in [1.54, 1.807) is 24.3 Å². The predicted molar refractivity (Wildman–Crippen MR) is 121 cm³/mol. The largest absolute Gasteiger partial charge is 0.369 e. The van der Waals surface area contributed by atoms with E-state index in [1.807, 2.05) is 25.1 Å². The Morgan fingerprint density at radius 3 is 2.39 bits per heavy atom. The summed E-state index contributed by atoms with van der Waals surface area (Å²) in [6.07, 6.45) is 0. The van der Waals surface area contributed by atoms with Gasteiger partial charge in [0.15, 0.2) is 0 Å². The first kappa shape index (κ1) is 22.8. The molecule has 2 N–H and O–H groups in total. The number of aryl methyl sites for hydroxylation is 1. The lowest BCUT2D eigenvalue weighted by Crippen LogP contribution is -2.50. The number of anilines is 2. The van der Waals surface area contributed by atoms with Crippen molar-refractivity contribution in [1.29, 1.82) is 0 Å². The van der Waals surface area contributed by atoms with Crippen molar-refractivity contribution in [1.82, 2.24) is 9.62 Å². The van der Waals surface area contributed by atoms with Crippen LogP contribution in [0, 0.1) is 6.92 Å². The zero-order valence-corrected chi connectivity index (χ0v) is 18.6. The van der Waals surface area contributed by atoms with Gasteiger partial charge in [0.2, 0.25) is 21.8 Å². The van der Waals surface area contributed by atoms with Crippen molar-refractivity contribution < 1.29 is 18.0 Å². The Balaban J connectivity index is 1.50. The maximum absolute atomic E-state index is 12.7. The van der Waals surface area contributed by atoms with Crippen LogP contribution in [0.4, 0.5) is 11.4 Å². The molecular weight excluding hydrogens is 416 g/mol. The van der Waals surface area contributed by atoms with Crippen LogP contribution in [0.1, 0.15) is 18.1 Å². The van der Waals surface area contributed by atoms with Crippen molar-refractivity contribution in [2.75, 3.05) is 42.1 Å². The molecule has 0 unspecified atom stereocenters. The average molecular weight is 445 g/mol. The zero-order chi connectivity index (χ0) is 22.4. The Morgan fingerprint density at radius 1 is 1.00 bits per heavy atom. The Kier molecular flexibility index (Phi) is 7.29. The highest BCUT2D eigenvalue weighted by molar-refractivity contribution is 7.89. The molecule has 0 radical (unpaired) electrons. The number of hydrogen-bond donors (Lipinski definition) is 2. The summed E-state index contributed by atoms with van der Waals surface area (Å²) in [5.74, 6) is -1.32. The molecule has 31 heavy (non-hydrogen) atoms. The first-order valence-corrected chi connectivity index (χ1v) is 11.8. The zero-order valence-electron chi connectivity index (χ0n) is 17.8. The van der Waals surface area contributed by atoms with Gasteiger partial charge in [-0.3, -0.25) is 9.59 Å². The number of carbonyl (C=O) groups is 2. The summed E-state index contributed by atoms with van der Waals surface area (Å²) in [6.45, 7) is 5.49.